The van der Waals surface area contributed by atoms with E-state index in [9.17, 15) is 0 Å². The Morgan fingerprint density at radius 2 is 1.22 bits per heavy atom. The molecule has 0 heterocycles. The van der Waals surface area contributed by atoms with Gasteiger partial charge in [-0.1, -0.05) is 168 Å². The van der Waals surface area contributed by atoms with Gasteiger partial charge in [0.25, 0.3) is 0 Å². The van der Waals surface area contributed by atoms with E-state index in [-0.39, 0.29) is 0 Å². The fraction of sp³-hybridized carbons (Fsp3) is 0.351. The Morgan fingerprint density at radius 3 is 1.62 bits per heavy atom. The number of allylic oxidation sites excluding steroid dienone is 15. The van der Waals surface area contributed by atoms with Gasteiger partial charge in [-0.3, -0.25) is 0 Å². The van der Waals surface area contributed by atoms with Crippen LogP contribution in [0, 0.1) is 0 Å². The van der Waals surface area contributed by atoms with Crippen LogP contribution >= 0.6 is 0 Å². The number of rotatable bonds is 7. The maximum absolute atomic E-state index is 4.06. The lowest BCUT2D eigenvalue weighted by atomic mass is 9.86. The molecule has 0 aromatic heterocycles. The Labute approximate surface area is 233 Å². The zero-order valence-corrected chi connectivity index (χ0v) is 26.6. The molecular formula is C37H58. The molecule has 0 unspecified atom stereocenters. The number of hydrogen-bond donors (Lipinski definition) is 0. The van der Waals surface area contributed by atoms with Crippen molar-refractivity contribution >= 4 is 11.1 Å². The van der Waals surface area contributed by atoms with Crippen LogP contribution in [0.2, 0.25) is 0 Å². The van der Waals surface area contributed by atoms with Gasteiger partial charge in [-0.05, 0) is 65.3 Å². The van der Waals surface area contributed by atoms with Gasteiger partial charge < -0.3 is 0 Å². The van der Waals surface area contributed by atoms with Gasteiger partial charge in [0, 0.05) is 0 Å². The van der Waals surface area contributed by atoms with Crippen LogP contribution in [0.3, 0.4) is 0 Å². The summed E-state index contributed by atoms with van der Waals surface area (Å²) in [5.41, 5.74) is 9.61. The van der Waals surface area contributed by atoms with Gasteiger partial charge in [0.2, 0.25) is 0 Å². The molecule has 1 aliphatic rings. The second-order valence-electron chi connectivity index (χ2n) is 6.23. The fourth-order valence-electron chi connectivity index (χ4n) is 3.50. The van der Waals surface area contributed by atoms with Gasteiger partial charge in [-0.25, -0.2) is 0 Å². The van der Waals surface area contributed by atoms with Gasteiger partial charge in [-0.2, -0.15) is 0 Å². The van der Waals surface area contributed by atoms with E-state index in [0.717, 1.165) is 11.1 Å². The highest BCUT2D eigenvalue weighted by Crippen LogP contribution is 2.46. The summed E-state index contributed by atoms with van der Waals surface area (Å²) < 4.78 is 0. The Hall–Kier alpha value is -3.12. The second kappa shape index (κ2) is 29.1. The highest BCUT2D eigenvalue weighted by Gasteiger charge is 2.26. The van der Waals surface area contributed by atoms with Gasteiger partial charge >= 0.3 is 0 Å². The summed E-state index contributed by atoms with van der Waals surface area (Å²) in [5.74, 6) is 0. The zero-order chi connectivity index (χ0) is 29.8. The van der Waals surface area contributed by atoms with E-state index in [1.54, 1.807) is 0 Å². The topological polar surface area (TPSA) is 0 Å². The van der Waals surface area contributed by atoms with E-state index in [2.05, 4.69) is 88.2 Å². The van der Waals surface area contributed by atoms with E-state index in [1.165, 1.54) is 33.4 Å². The molecule has 0 saturated carbocycles. The largest absolute Gasteiger partial charge is 0.0991 e. The van der Waals surface area contributed by atoms with Crippen LogP contribution in [-0.2, 0) is 0 Å². The maximum Gasteiger partial charge on any atom is -0.00179 e. The summed E-state index contributed by atoms with van der Waals surface area (Å²) in [7, 11) is 0. The first-order valence-electron chi connectivity index (χ1n) is 14.2. The van der Waals surface area contributed by atoms with Crippen molar-refractivity contribution in [3.63, 3.8) is 0 Å². The summed E-state index contributed by atoms with van der Waals surface area (Å²) >= 11 is 0. The van der Waals surface area contributed by atoms with Crippen LogP contribution in [0.4, 0.5) is 0 Å². The average Bonchev–Trinajstić information content (AvgIpc) is 3.26. The SMILES string of the molecule is C=C/C=C\C1=C(C)c2ccccc2/C1=C(C(\C=C)=C\C)/C(/C=C\C)=C/C=C.CC.CC.CC.CC.CC. The predicted molar refractivity (Wildman–Crippen MR) is 179 cm³/mol. The van der Waals surface area contributed by atoms with Gasteiger partial charge in [-0.15, -0.1) is 0 Å². The number of fused-ring (bicyclic) bond motifs is 1. The first kappa shape index (κ1) is 41.0. The van der Waals surface area contributed by atoms with E-state index in [4.69, 9.17) is 0 Å². The van der Waals surface area contributed by atoms with Crippen molar-refractivity contribution in [2.24, 2.45) is 0 Å². The first-order chi connectivity index (χ1) is 18.1. The van der Waals surface area contributed by atoms with E-state index in [0.29, 0.717) is 0 Å². The predicted octanol–water partition coefficient (Wildman–Crippen LogP) is 12.9. The molecule has 0 bridgehead atoms. The van der Waals surface area contributed by atoms with E-state index in [1.807, 2.05) is 100 Å². The standard InChI is InChI=1S/C27H28.5C2H6/c1-7-12-17-24-20(6)23-18-13-14-19-25(23)27(24)26(21(10-4)11-5)22(15-8-2)16-9-3;5*1-2/h7-19H,1-2,4H2,3,5-6H3;5*1-2H3/b16-9-,17-12-,21-11+,22-15+,27-26+;;;;;. The molecule has 0 atom stereocenters. The van der Waals surface area contributed by atoms with Crippen molar-refractivity contribution in [3.05, 3.63) is 132 Å². The van der Waals surface area contributed by atoms with Crippen molar-refractivity contribution in [2.45, 2.75) is 90.0 Å². The molecule has 0 saturated heterocycles. The molecule has 37 heavy (non-hydrogen) atoms. The first-order valence-corrected chi connectivity index (χ1v) is 14.2. The van der Waals surface area contributed by atoms with E-state index >= 15 is 0 Å². The molecule has 0 fully saturated rings. The van der Waals surface area contributed by atoms with Crippen LogP contribution < -0.4 is 0 Å². The molecule has 1 aromatic rings. The molecule has 0 radical (unpaired) electrons. The van der Waals surface area contributed by atoms with Crippen molar-refractivity contribution in [3.8, 4) is 0 Å². The van der Waals surface area contributed by atoms with Crippen molar-refractivity contribution in [2.75, 3.05) is 0 Å². The van der Waals surface area contributed by atoms with Crippen LogP contribution in [0.25, 0.3) is 11.1 Å². The Bertz CT molecular complexity index is 934. The molecule has 1 aromatic carbocycles. The minimum atomic E-state index is 1.10. The van der Waals surface area contributed by atoms with Crippen molar-refractivity contribution in [1.29, 1.82) is 0 Å². The lowest BCUT2D eigenvalue weighted by Gasteiger charge is -2.17. The minimum Gasteiger partial charge on any atom is -0.0991 e. The molecule has 0 aliphatic heterocycles. The monoisotopic (exact) mass is 502 g/mol. The highest BCUT2D eigenvalue weighted by molar-refractivity contribution is 6.05. The average molecular weight is 503 g/mol. The zero-order valence-electron chi connectivity index (χ0n) is 26.6. The van der Waals surface area contributed by atoms with Crippen molar-refractivity contribution < 1.29 is 0 Å². The quantitative estimate of drug-likeness (QED) is 0.325. The van der Waals surface area contributed by atoms with Crippen LogP contribution in [0.1, 0.15) is 101 Å². The number of hydrogen-bond acceptors (Lipinski definition) is 0. The van der Waals surface area contributed by atoms with Gasteiger partial charge in [0.05, 0.1) is 0 Å². The van der Waals surface area contributed by atoms with Crippen molar-refractivity contribution in [1.82, 2.24) is 0 Å². The molecule has 0 spiro atoms. The lowest BCUT2D eigenvalue weighted by molar-refractivity contribution is 1.42. The molecular weight excluding hydrogens is 444 g/mol. The van der Waals surface area contributed by atoms with Crippen LogP contribution in [0.15, 0.2) is 121 Å². The molecule has 1 aliphatic carbocycles. The molecule has 0 N–H and O–H groups in total. The van der Waals surface area contributed by atoms with Crippen LogP contribution in [-0.4, -0.2) is 0 Å². The summed E-state index contributed by atoms with van der Waals surface area (Å²) in [6.45, 7) is 38.1. The summed E-state index contributed by atoms with van der Waals surface area (Å²) in [5, 5.41) is 0. The molecule has 0 amide bonds. The summed E-state index contributed by atoms with van der Waals surface area (Å²) in [4.78, 5) is 0. The lowest BCUT2D eigenvalue weighted by Crippen LogP contribution is -1.98. The normalized spacial score (nSPS) is 13.1. The third-order valence-electron chi connectivity index (χ3n) is 4.67. The fourth-order valence-corrected chi connectivity index (χ4v) is 3.50. The third-order valence-corrected chi connectivity index (χ3v) is 4.67. The molecule has 2 rings (SSSR count). The Kier molecular flexibility index (Phi) is 32.3. The third kappa shape index (κ3) is 12.6. The van der Waals surface area contributed by atoms with E-state index < -0.39 is 0 Å². The molecule has 0 heteroatoms. The minimum absolute atomic E-state index is 1.10. The summed E-state index contributed by atoms with van der Waals surface area (Å²) in [6.07, 6.45) is 18.1. The Balaban J connectivity index is -0.000000486. The smallest absolute Gasteiger partial charge is 0.00179 e. The van der Waals surface area contributed by atoms with Gasteiger partial charge in [0.15, 0.2) is 0 Å². The highest BCUT2D eigenvalue weighted by atomic mass is 14.3. The number of benzene rings is 1. The molecule has 206 valence electrons. The second-order valence-corrected chi connectivity index (χ2v) is 6.23. The maximum atomic E-state index is 4.06. The summed E-state index contributed by atoms with van der Waals surface area (Å²) in [6, 6.07) is 8.57. The van der Waals surface area contributed by atoms with Crippen LogP contribution in [0.5, 0.6) is 0 Å². The van der Waals surface area contributed by atoms with Gasteiger partial charge in [0.1, 0.15) is 0 Å². The Morgan fingerprint density at radius 1 is 0.703 bits per heavy atom. The molecule has 0 nitrogen and oxygen atoms in total.